The quantitative estimate of drug-likeness (QED) is 0.891. The summed E-state index contributed by atoms with van der Waals surface area (Å²) in [5, 5.41) is 13.5. The number of nitrogens with zero attached hydrogens (tertiary/aromatic N) is 1. The highest BCUT2D eigenvalue weighted by Gasteiger charge is 2.41. The van der Waals surface area contributed by atoms with E-state index in [1.54, 1.807) is 0 Å². The number of nitrogens with one attached hydrogen (secondary N) is 1. The van der Waals surface area contributed by atoms with Gasteiger partial charge in [0.15, 0.2) is 0 Å². The summed E-state index contributed by atoms with van der Waals surface area (Å²) in [4.78, 5) is 13.8. The number of carboxylic acid groups (broad SMARTS) is 1. The molecule has 0 bridgehead atoms. The van der Waals surface area contributed by atoms with Crippen LogP contribution < -0.4 is 10.2 Å². The van der Waals surface area contributed by atoms with Gasteiger partial charge < -0.3 is 20.1 Å². The number of ether oxygens (including phenoxy) is 1. The van der Waals surface area contributed by atoms with Gasteiger partial charge in [0.25, 0.3) is 0 Å². The van der Waals surface area contributed by atoms with Crippen LogP contribution in [0.1, 0.15) is 25.7 Å². The molecule has 1 aromatic rings. The molecule has 1 aliphatic carbocycles. The Hall–Kier alpha value is -1.46. The Kier molecular flexibility index (Phi) is 4.45. The topological polar surface area (TPSA) is 61.8 Å². The van der Waals surface area contributed by atoms with E-state index in [1.807, 2.05) is 18.2 Å². The number of rotatable bonds is 4. The van der Waals surface area contributed by atoms with Crippen LogP contribution in [0.5, 0.6) is 0 Å². The summed E-state index contributed by atoms with van der Waals surface area (Å²) >= 11 is 6.32. The summed E-state index contributed by atoms with van der Waals surface area (Å²) in [6.45, 7) is 2.97. The maximum absolute atomic E-state index is 11.7. The van der Waals surface area contributed by atoms with Crippen molar-refractivity contribution in [3.8, 4) is 0 Å². The second-order valence-corrected chi connectivity index (χ2v) is 6.39. The van der Waals surface area contributed by atoms with Crippen LogP contribution in [0.2, 0.25) is 5.02 Å². The van der Waals surface area contributed by atoms with Gasteiger partial charge in [0.05, 0.1) is 23.9 Å². The molecule has 0 amide bonds. The van der Waals surface area contributed by atoms with Crippen LogP contribution in [0.15, 0.2) is 18.2 Å². The van der Waals surface area contributed by atoms with Gasteiger partial charge in [0.1, 0.15) is 5.54 Å². The van der Waals surface area contributed by atoms with Crippen LogP contribution in [0.25, 0.3) is 0 Å². The molecule has 22 heavy (non-hydrogen) atoms. The molecule has 2 fully saturated rings. The molecule has 1 heterocycles. The van der Waals surface area contributed by atoms with Crippen LogP contribution in [0, 0.1) is 0 Å². The first kappa shape index (κ1) is 15.4. The van der Waals surface area contributed by atoms with Crippen LogP contribution in [0.3, 0.4) is 0 Å². The van der Waals surface area contributed by atoms with Gasteiger partial charge in [-0.25, -0.2) is 4.79 Å². The largest absolute Gasteiger partial charge is 0.480 e. The summed E-state index contributed by atoms with van der Waals surface area (Å²) in [6.07, 6.45) is 3.22. The van der Waals surface area contributed by atoms with Crippen LogP contribution in [0.4, 0.5) is 11.4 Å². The predicted octanol–water partition coefficient (Wildman–Crippen LogP) is 2.99. The summed E-state index contributed by atoms with van der Waals surface area (Å²) in [5.74, 6) is -0.770. The molecule has 5 nitrogen and oxygen atoms in total. The van der Waals surface area contributed by atoms with Gasteiger partial charge in [-0.1, -0.05) is 24.4 Å². The average Bonchev–Trinajstić information content (AvgIpc) is 3.00. The molecule has 0 radical (unpaired) electrons. The van der Waals surface area contributed by atoms with E-state index in [4.69, 9.17) is 16.3 Å². The summed E-state index contributed by atoms with van der Waals surface area (Å²) in [5.41, 5.74) is 0.916. The molecule has 1 aromatic carbocycles. The minimum atomic E-state index is -0.837. The highest BCUT2D eigenvalue weighted by Crippen LogP contribution is 2.36. The van der Waals surface area contributed by atoms with E-state index >= 15 is 0 Å². The van der Waals surface area contributed by atoms with Gasteiger partial charge in [-0.15, -0.1) is 0 Å². The van der Waals surface area contributed by atoms with Crippen molar-refractivity contribution in [2.24, 2.45) is 0 Å². The zero-order chi connectivity index (χ0) is 15.6. The molecule has 0 aromatic heterocycles. The lowest BCUT2D eigenvalue weighted by Gasteiger charge is -2.31. The average molecular weight is 325 g/mol. The Balaban J connectivity index is 1.83. The van der Waals surface area contributed by atoms with Gasteiger partial charge in [-0.05, 0) is 31.0 Å². The zero-order valence-corrected chi connectivity index (χ0v) is 13.2. The van der Waals surface area contributed by atoms with Crippen molar-refractivity contribution in [3.05, 3.63) is 23.2 Å². The second-order valence-electron chi connectivity index (χ2n) is 5.98. The van der Waals surface area contributed by atoms with Gasteiger partial charge in [0, 0.05) is 18.8 Å². The summed E-state index contributed by atoms with van der Waals surface area (Å²) < 4.78 is 5.37. The second kappa shape index (κ2) is 6.34. The third-order valence-corrected chi connectivity index (χ3v) is 4.87. The maximum atomic E-state index is 11.7. The molecule has 1 saturated carbocycles. The molecule has 6 heteroatoms. The number of aliphatic carboxylic acids is 1. The van der Waals surface area contributed by atoms with Crippen LogP contribution in [-0.4, -0.2) is 42.9 Å². The fourth-order valence-electron chi connectivity index (χ4n) is 3.28. The van der Waals surface area contributed by atoms with Crippen molar-refractivity contribution in [1.82, 2.24) is 0 Å². The van der Waals surface area contributed by atoms with Crippen molar-refractivity contribution >= 4 is 28.9 Å². The van der Waals surface area contributed by atoms with E-state index in [9.17, 15) is 9.90 Å². The molecule has 120 valence electrons. The number of anilines is 2. The molecule has 1 aliphatic heterocycles. The fourth-order valence-corrected chi connectivity index (χ4v) is 3.52. The first-order valence-electron chi connectivity index (χ1n) is 7.75. The minimum absolute atomic E-state index is 0.665. The fraction of sp³-hybridized carbons (Fsp3) is 0.562. The summed E-state index contributed by atoms with van der Waals surface area (Å²) in [7, 11) is 0. The van der Waals surface area contributed by atoms with Crippen molar-refractivity contribution in [2.75, 3.05) is 36.5 Å². The number of halogens is 1. The first-order valence-corrected chi connectivity index (χ1v) is 8.12. The first-order chi connectivity index (χ1) is 10.6. The maximum Gasteiger partial charge on any atom is 0.329 e. The normalized spacial score (nSPS) is 20.9. The van der Waals surface area contributed by atoms with Crippen LogP contribution in [-0.2, 0) is 9.53 Å². The number of carbonyl (C=O) groups is 1. The predicted molar refractivity (Wildman–Crippen MR) is 86.9 cm³/mol. The third-order valence-electron chi connectivity index (χ3n) is 4.55. The van der Waals surface area contributed by atoms with Crippen LogP contribution >= 0.6 is 11.6 Å². The van der Waals surface area contributed by atoms with E-state index in [0.29, 0.717) is 31.1 Å². The molecule has 1 saturated heterocycles. The van der Waals surface area contributed by atoms with Crippen molar-refractivity contribution in [1.29, 1.82) is 0 Å². The highest BCUT2D eigenvalue weighted by molar-refractivity contribution is 6.33. The smallest absolute Gasteiger partial charge is 0.329 e. The van der Waals surface area contributed by atoms with Gasteiger partial charge in [-0.2, -0.15) is 0 Å². The standard InChI is InChI=1S/C16H21ClN2O3/c17-13-4-3-12(11-14(13)19-7-9-22-10-8-19)18-16(15(20)21)5-1-2-6-16/h3-4,11,18H,1-2,5-10H2,(H,20,21). The molecule has 0 spiro atoms. The number of benzene rings is 1. The number of morpholine rings is 1. The Labute approximate surface area is 135 Å². The third kappa shape index (κ3) is 3.01. The number of hydrogen-bond acceptors (Lipinski definition) is 4. The lowest BCUT2D eigenvalue weighted by Crippen LogP contribution is -2.43. The van der Waals surface area contributed by atoms with Gasteiger partial charge >= 0.3 is 5.97 Å². The minimum Gasteiger partial charge on any atom is -0.480 e. The summed E-state index contributed by atoms with van der Waals surface area (Å²) in [6, 6.07) is 5.64. The van der Waals surface area contributed by atoms with Crippen molar-refractivity contribution in [3.63, 3.8) is 0 Å². The van der Waals surface area contributed by atoms with E-state index in [0.717, 1.165) is 37.3 Å². The van der Waals surface area contributed by atoms with Crippen molar-refractivity contribution < 1.29 is 14.6 Å². The van der Waals surface area contributed by atoms with Gasteiger partial charge in [0.2, 0.25) is 0 Å². The number of hydrogen-bond donors (Lipinski definition) is 2. The Morgan fingerprint density at radius 3 is 2.59 bits per heavy atom. The lowest BCUT2D eigenvalue weighted by molar-refractivity contribution is -0.142. The lowest BCUT2D eigenvalue weighted by atomic mass is 9.97. The molecule has 2 aliphatic rings. The Morgan fingerprint density at radius 1 is 1.27 bits per heavy atom. The van der Waals surface area contributed by atoms with E-state index in [1.165, 1.54) is 0 Å². The molecule has 0 atom stereocenters. The molecule has 3 rings (SSSR count). The number of carboxylic acids is 1. The van der Waals surface area contributed by atoms with E-state index in [-0.39, 0.29) is 0 Å². The zero-order valence-electron chi connectivity index (χ0n) is 12.5. The molecule has 0 unspecified atom stereocenters. The SMILES string of the molecule is O=C(O)C1(Nc2ccc(Cl)c(N3CCOCC3)c2)CCCC1. The van der Waals surface area contributed by atoms with E-state index < -0.39 is 11.5 Å². The highest BCUT2D eigenvalue weighted by atomic mass is 35.5. The molecular formula is C16H21ClN2O3. The van der Waals surface area contributed by atoms with E-state index in [2.05, 4.69) is 10.2 Å². The van der Waals surface area contributed by atoms with Gasteiger partial charge in [-0.3, -0.25) is 0 Å². The van der Waals surface area contributed by atoms with Crippen molar-refractivity contribution in [2.45, 2.75) is 31.2 Å². The monoisotopic (exact) mass is 324 g/mol. The molecule has 2 N–H and O–H groups in total. The Morgan fingerprint density at radius 2 is 1.95 bits per heavy atom. The molecular weight excluding hydrogens is 304 g/mol. The Bertz CT molecular complexity index is 552.